The van der Waals surface area contributed by atoms with Crippen LogP contribution < -0.4 is 10.6 Å². The standard InChI is InChI=1S/C25H28BrCl2N5O2S/c1-13(2)18-10-15(26)6-9-20(18)29-21(34)12-36-25-32-31-23(33(25)5)22(14(3)4)30-24(35)17-8-7-16(27)11-19(17)28/h6-11,13-14,22H,12H2,1-5H3,(H,29,34)(H,30,35)/t22-/m0/s1. The van der Waals surface area contributed by atoms with Crippen molar-refractivity contribution in [1.82, 2.24) is 20.1 Å². The fraction of sp³-hybridized carbons (Fsp3) is 0.360. The van der Waals surface area contributed by atoms with Crippen molar-refractivity contribution in [3.8, 4) is 0 Å². The molecule has 0 spiro atoms. The number of halogens is 3. The maximum atomic E-state index is 12.9. The number of thioether (sulfide) groups is 1. The predicted octanol–water partition coefficient (Wildman–Crippen LogP) is 6.87. The highest BCUT2D eigenvalue weighted by Gasteiger charge is 2.26. The van der Waals surface area contributed by atoms with E-state index in [1.165, 1.54) is 17.8 Å². The van der Waals surface area contributed by atoms with Crippen molar-refractivity contribution in [1.29, 1.82) is 0 Å². The van der Waals surface area contributed by atoms with Gasteiger partial charge in [-0.15, -0.1) is 10.2 Å². The molecule has 3 aromatic rings. The summed E-state index contributed by atoms with van der Waals surface area (Å²) in [6.45, 7) is 8.12. The molecule has 2 amide bonds. The maximum absolute atomic E-state index is 12.9. The summed E-state index contributed by atoms with van der Waals surface area (Å²) in [5, 5.41) is 15.9. The van der Waals surface area contributed by atoms with Crippen LogP contribution in [0.1, 0.15) is 61.4 Å². The molecule has 2 N–H and O–H groups in total. The van der Waals surface area contributed by atoms with Gasteiger partial charge in [-0.05, 0) is 53.8 Å². The Morgan fingerprint density at radius 2 is 1.81 bits per heavy atom. The average Bonchev–Trinajstić information content (AvgIpc) is 3.16. The van der Waals surface area contributed by atoms with E-state index in [0.717, 1.165) is 15.7 Å². The summed E-state index contributed by atoms with van der Waals surface area (Å²) in [6.07, 6.45) is 0. The molecule has 0 aliphatic heterocycles. The van der Waals surface area contributed by atoms with Gasteiger partial charge < -0.3 is 15.2 Å². The zero-order valence-corrected chi connectivity index (χ0v) is 24.5. The first-order valence-corrected chi connectivity index (χ1v) is 13.9. The molecule has 0 fully saturated rings. The van der Waals surface area contributed by atoms with E-state index in [1.807, 2.05) is 39.1 Å². The lowest BCUT2D eigenvalue weighted by atomic mass is 10.0. The Hall–Kier alpha value is -2.07. The summed E-state index contributed by atoms with van der Waals surface area (Å²) < 4.78 is 2.77. The molecular formula is C25H28BrCl2N5O2S. The van der Waals surface area contributed by atoms with Crippen LogP contribution >= 0.6 is 50.9 Å². The summed E-state index contributed by atoms with van der Waals surface area (Å²) in [6, 6.07) is 10.1. The topological polar surface area (TPSA) is 88.9 Å². The second kappa shape index (κ2) is 12.4. The number of carbonyl (C=O) groups excluding carboxylic acids is 2. The molecule has 192 valence electrons. The Morgan fingerprint density at radius 3 is 2.44 bits per heavy atom. The van der Waals surface area contributed by atoms with Gasteiger partial charge >= 0.3 is 0 Å². The normalized spacial score (nSPS) is 12.2. The molecule has 0 aliphatic carbocycles. The van der Waals surface area contributed by atoms with Gasteiger partial charge in [0.1, 0.15) is 0 Å². The fourth-order valence-electron chi connectivity index (χ4n) is 3.59. The summed E-state index contributed by atoms with van der Waals surface area (Å²) in [5.41, 5.74) is 2.18. The highest BCUT2D eigenvalue weighted by atomic mass is 79.9. The number of nitrogens with zero attached hydrogens (tertiary/aromatic N) is 3. The second-order valence-electron chi connectivity index (χ2n) is 8.94. The largest absolute Gasteiger partial charge is 0.342 e. The van der Waals surface area contributed by atoms with Crippen molar-refractivity contribution in [2.75, 3.05) is 11.1 Å². The van der Waals surface area contributed by atoms with Gasteiger partial charge in [0.2, 0.25) is 5.91 Å². The lowest BCUT2D eigenvalue weighted by Gasteiger charge is -2.22. The molecule has 36 heavy (non-hydrogen) atoms. The molecular weight excluding hydrogens is 585 g/mol. The Labute approximate surface area is 233 Å². The lowest BCUT2D eigenvalue weighted by molar-refractivity contribution is -0.113. The van der Waals surface area contributed by atoms with Gasteiger partial charge in [0.25, 0.3) is 5.91 Å². The quantitative estimate of drug-likeness (QED) is 0.258. The monoisotopic (exact) mass is 611 g/mol. The average molecular weight is 613 g/mol. The van der Waals surface area contributed by atoms with E-state index in [1.54, 1.807) is 16.7 Å². The van der Waals surface area contributed by atoms with Crippen molar-refractivity contribution in [3.63, 3.8) is 0 Å². The smallest absolute Gasteiger partial charge is 0.253 e. The van der Waals surface area contributed by atoms with Crippen molar-refractivity contribution >= 4 is 68.4 Å². The van der Waals surface area contributed by atoms with Crippen LogP contribution in [0.15, 0.2) is 46.0 Å². The third-order valence-electron chi connectivity index (χ3n) is 5.52. The lowest BCUT2D eigenvalue weighted by Crippen LogP contribution is -2.33. The van der Waals surface area contributed by atoms with Crippen molar-refractivity contribution in [2.24, 2.45) is 13.0 Å². The molecule has 1 heterocycles. The summed E-state index contributed by atoms with van der Waals surface area (Å²) in [7, 11) is 1.82. The molecule has 0 saturated carbocycles. The molecule has 0 aliphatic rings. The first-order chi connectivity index (χ1) is 17.0. The molecule has 0 saturated heterocycles. The fourth-order valence-corrected chi connectivity index (χ4v) is 5.18. The summed E-state index contributed by atoms with van der Waals surface area (Å²) in [5.74, 6) is 0.566. The Balaban J connectivity index is 1.70. The van der Waals surface area contributed by atoms with E-state index >= 15 is 0 Å². The number of nitrogens with one attached hydrogen (secondary N) is 2. The van der Waals surface area contributed by atoms with Crippen LogP contribution in [0, 0.1) is 5.92 Å². The summed E-state index contributed by atoms with van der Waals surface area (Å²) in [4.78, 5) is 25.6. The zero-order valence-electron chi connectivity index (χ0n) is 20.6. The molecule has 1 aromatic heterocycles. The SMILES string of the molecule is CC(C)c1cc(Br)ccc1NC(=O)CSc1nnc([C@@H](NC(=O)c2ccc(Cl)cc2Cl)C(C)C)n1C. The molecule has 7 nitrogen and oxygen atoms in total. The van der Waals surface area contributed by atoms with Crippen LogP contribution in [0.2, 0.25) is 10.0 Å². The highest BCUT2D eigenvalue weighted by Crippen LogP contribution is 2.29. The minimum atomic E-state index is -0.415. The Morgan fingerprint density at radius 1 is 1.08 bits per heavy atom. The van der Waals surface area contributed by atoms with Crippen LogP contribution in [0.25, 0.3) is 0 Å². The van der Waals surface area contributed by atoms with Gasteiger partial charge in [0, 0.05) is 22.2 Å². The van der Waals surface area contributed by atoms with Gasteiger partial charge in [0.15, 0.2) is 11.0 Å². The predicted molar refractivity (Wildman–Crippen MR) is 150 cm³/mol. The van der Waals surface area contributed by atoms with E-state index in [0.29, 0.717) is 21.6 Å². The number of hydrogen-bond acceptors (Lipinski definition) is 5. The molecule has 0 unspecified atom stereocenters. The maximum Gasteiger partial charge on any atom is 0.253 e. The number of aromatic nitrogens is 3. The second-order valence-corrected chi connectivity index (χ2v) is 11.6. The van der Waals surface area contributed by atoms with E-state index in [4.69, 9.17) is 23.2 Å². The van der Waals surface area contributed by atoms with Crippen molar-refractivity contribution in [2.45, 2.75) is 44.8 Å². The van der Waals surface area contributed by atoms with Gasteiger partial charge in [0.05, 0.1) is 22.4 Å². The summed E-state index contributed by atoms with van der Waals surface area (Å²) >= 11 is 16.9. The molecule has 0 bridgehead atoms. The van der Waals surface area contributed by atoms with E-state index in [2.05, 4.69) is 50.6 Å². The van der Waals surface area contributed by atoms with E-state index in [-0.39, 0.29) is 34.4 Å². The highest BCUT2D eigenvalue weighted by molar-refractivity contribution is 9.10. The van der Waals surface area contributed by atoms with Crippen molar-refractivity contribution in [3.05, 3.63) is 67.9 Å². The number of carbonyl (C=O) groups is 2. The van der Waals surface area contributed by atoms with Crippen LogP contribution in [0.3, 0.4) is 0 Å². The first-order valence-electron chi connectivity index (χ1n) is 11.3. The number of anilines is 1. The minimum absolute atomic E-state index is 0.0240. The number of amides is 2. The molecule has 11 heteroatoms. The van der Waals surface area contributed by atoms with E-state index < -0.39 is 6.04 Å². The molecule has 1 atom stereocenters. The van der Waals surface area contributed by atoms with E-state index in [9.17, 15) is 9.59 Å². The first kappa shape index (κ1) is 28.5. The number of hydrogen-bond donors (Lipinski definition) is 2. The van der Waals surface area contributed by atoms with Gasteiger partial charge in [-0.1, -0.05) is 78.6 Å². The van der Waals surface area contributed by atoms with Crippen LogP contribution in [-0.2, 0) is 11.8 Å². The Kier molecular flexibility index (Phi) is 9.86. The number of rotatable bonds is 9. The van der Waals surface area contributed by atoms with Crippen molar-refractivity contribution < 1.29 is 9.59 Å². The minimum Gasteiger partial charge on any atom is -0.342 e. The van der Waals surface area contributed by atoms with Gasteiger partial charge in [-0.25, -0.2) is 0 Å². The third-order valence-corrected chi connectivity index (χ3v) is 7.58. The molecule has 0 radical (unpaired) electrons. The van der Waals surface area contributed by atoms with Crippen LogP contribution in [0.5, 0.6) is 0 Å². The number of benzene rings is 2. The van der Waals surface area contributed by atoms with Gasteiger partial charge in [-0.3, -0.25) is 9.59 Å². The Bertz CT molecular complexity index is 1270. The van der Waals surface area contributed by atoms with Gasteiger partial charge in [-0.2, -0.15) is 0 Å². The van der Waals surface area contributed by atoms with Crippen LogP contribution in [0.4, 0.5) is 5.69 Å². The van der Waals surface area contributed by atoms with Crippen LogP contribution in [-0.4, -0.2) is 32.3 Å². The molecule has 2 aromatic carbocycles. The third kappa shape index (κ3) is 7.03. The molecule has 3 rings (SSSR count). The zero-order chi connectivity index (χ0) is 26.6.